The van der Waals surface area contributed by atoms with Crippen molar-refractivity contribution in [3.63, 3.8) is 0 Å². The highest BCUT2D eigenvalue weighted by molar-refractivity contribution is 5.31. The molecule has 0 saturated heterocycles. The molecule has 1 N–H and O–H groups in total. The van der Waals surface area contributed by atoms with Crippen LogP contribution >= 0.6 is 0 Å². The second-order valence-corrected chi connectivity index (χ2v) is 4.27. The Morgan fingerprint density at radius 1 is 1.44 bits per heavy atom. The third-order valence-corrected chi connectivity index (χ3v) is 2.57. The van der Waals surface area contributed by atoms with E-state index >= 15 is 0 Å². The second-order valence-electron chi connectivity index (χ2n) is 4.27. The quantitative estimate of drug-likeness (QED) is 0.793. The van der Waals surface area contributed by atoms with Crippen molar-refractivity contribution in [1.82, 2.24) is 30.7 Å². The number of hydrogen-bond acceptors (Lipinski definition) is 6. The summed E-state index contributed by atoms with van der Waals surface area (Å²) in [6, 6.07) is 0. The Balaban J connectivity index is 2.17. The zero-order valence-electron chi connectivity index (χ0n) is 10.8. The first-order chi connectivity index (χ1) is 8.59. The van der Waals surface area contributed by atoms with Crippen LogP contribution in [0.1, 0.15) is 24.0 Å². The van der Waals surface area contributed by atoms with Crippen LogP contribution in [0.15, 0.2) is 16.7 Å². The fraction of sp³-hybridized carbons (Fsp3) is 0.455. The summed E-state index contributed by atoms with van der Waals surface area (Å²) < 4.78 is 6.79. The minimum absolute atomic E-state index is 0.541. The van der Waals surface area contributed by atoms with Crippen LogP contribution in [-0.4, -0.2) is 31.9 Å². The minimum Gasteiger partial charge on any atom is -0.336 e. The predicted octanol–water partition coefficient (Wildman–Crippen LogP) is 0.933. The van der Waals surface area contributed by atoms with Gasteiger partial charge in [-0.15, -0.1) is 5.10 Å². The van der Waals surface area contributed by atoms with Gasteiger partial charge in [0.15, 0.2) is 5.82 Å². The summed E-state index contributed by atoms with van der Waals surface area (Å²) in [4.78, 5) is 0. The van der Waals surface area contributed by atoms with Crippen molar-refractivity contribution in [3.8, 4) is 5.88 Å². The fourth-order valence-electron chi connectivity index (χ4n) is 1.46. The molecule has 0 aliphatic heterocycles. The highest BCUT2D eigenvalue weighted by Gasteiger charge is 2.16. The summed E-state index contributed by atoms with van der Waals surface area (Å²) >= 11 is 0. The van der Waals surface area contributed by atoms with Gasteiger partial charge in [0, 0.05) is 12.1 Å². The lowest BCUT2D eigenvalue weighted by molar-refractivity contribution is 0.388. The SMILES string of the molecule is C=C(C)CNCc1nnnn1-c1onc(C)c1C. The molecule has 0 unspecified atom stereocenters. The molecule has 0 bridgehead atoms. The number of nitrogens with zero attached hydrogens (tertiary/aromatic N) is 5. The van der Waals surface area contributed by atoms with E-state index in [1.54, 1.807) is 4.68 Å². The molecule has 0 fully saturated rings. The van der Waals surface area contributed by atoms with Gasteiger partial charge in [0.2, 0.25) is 0 Å². The highest BCUT2D eigenvalue weighted by atomic mass is 16.5. The summed E-state index contributed by atoms with van der Waals surface area (Å²) in [5.41, 5.74) is 2.82. The topological polar surface area (TPSA) is 81.7 Å². The maximum Gasteiger partial charge on any atom is 0.257 e. The lowest BCUT2D eigenvalue weighted by Crippen LogP contribution is -2.18. The summed E-state index contributed by atoms with van der Waals surface area (Å²) in [6.07, 6.45) is 0. The van der Waals surface area contributed by atoms with Crippen LogP contribution in [0, 0.1) is 13.8 Å². The Labute approximate surface area is 105 Å². The normalized spacial score (nSPS) is 10.8. The lowest BCUT2D eigenvalue weighted by atomic mass is 10.3. The minimum atomic E-state index is 0.541. The first kappa shape index (κ1) is 12.4. The average Bonchev–Trinajstić information content (AvgIpc) is 2.88. The molecule has 0 aliphatic rings. The molecule has 0 aliphatic carbocycles. The Bertz CT molecular complexity index is 556. The Hall–Kier alpha value is -2.02. The predicted molar refractivity (Wildman–Crippen MR) is 65.2 cm³/mol. The van der Waals surface area contributed by atoms with Crippen LogP contribution in [-0.2, 0) is 6.54 Å². The fourth-order valence-corrected chi connectivity index (χ4v) is 1.46. The number of hydrogen-bond donors (Lipinski definition) is 1. The third kappa shape index (κ3) is 2.45. The molecule has 2 aromatic heterocycles. The van der Waals surface area contributed by atoms with E-state index in [-0.39, 0.29) is 0 Å². The number of tetrazole rings is 1. The standard InChI is InChI=1S/C11H16N6O/c1-7(2)5-12-6-10-13-15-16-17(10)11-8(3)9(4)14-18-11/h12H,1,5-6H2,2-4H3. The average molecular weight is 248 g/mol. The van der Waals surface area contributed by atoms with E-state index in [0.717, 1.165) is 23.4 Å². The van der Waals surface area contributed by atoms with Gasteiger partial charge in [-0.25, -0.2) is 0 Å². The highest BCUT2D eigenvalue weighted by Crippen LogP contribution is 2.16. The second kappa shape index (κ2) is 5.09. The van der Waals surface area contributed by atoms with Gasteiger partial charge in [-0.1, -0.05) is 17.3 Å². The zero-order valence-corrected chi connectivity index (χ0v) is 10.8. The van der Waals surface area contributed by atoms with Crippen LogP contribution in [0.2, 0.25) is 0 Å². The molecule has 7 heteroatoms. The number of nitrogens with one attached hydrogen (secondary N) is 1. The molecule has 0 radical (unpaired) electrons. The van der Waals surface area contributed by atoms with Crippen molar-refractivity contribution in [2.45, 2.75) is 27.3 Å². The van der Waals surface area contributed by atoms with E-state index in [9.17, 15) is 0 Å². The van der Waals surface area contributed by atoms with E-state index in [2.05, 4.69) is 32.6 Å². The van der Waals surface area contributed by atoms with Crippen molar-refractivity contribution in [3.05, 3.63) is 29.2 Å². The van der Waals surface area contributed by atoms with Gasteiger partial charge in [-0.3, -0.25) is 0 Å². The molecule has 2 heterocycles. The van der Waals surface area contributed by atoms with Crippen molar-refractivity contribution >= 4 is 0 Å². The van der Waals surface area contributed by atoms with Crippen molar-refractivity contribution < 1.29 is 4.52 Å². The molecule has 0 aromatic carbocycles. The van der Waals surface area contributed by atoms with Crippen LogP contribution in [0.4, 0.5) is 0 Å². The molecule has 0 spiro atoms. The molecule has 2 aromatic rings. The smallest absolute Gasteiger partial charge is 0.257 e. The molecule has 2 rings (SSSR count). The molecule has 0 atom stereocenters. The van der Waals surface area contributed by atoms with Crippen molar-refractivity contribution in [2.24, 2.45) is 0 Å². The maximum atomic E-state index is 5.23. The first-order valence-electron chi connectivity index (χ1n) is 5.65. The molecule has 0 amide bonds. The van der Waals surface area contributed by atoms with Crippen LogP contribution in [0.5, 0.6) is 0 Å². The van der Waals surface area contributed by atoms with E-state index < -0.39 is 0 Å². The van der Waals surface area contributed by atoms with Gasteiger partial charge >= 0.3 is 0 Å². The van der Waals surface area contributed by atoms with E-state index in [1.807, 2.05) is 20.8 Å². The van der Waals surface area contributed by atoms with Crippen LogP contribution < -0.4 is 5.32 Å². The largest absolute Gasteiger partial charge is 0.336 e. The van der Waals surface area contributed by atoms with Crippen LogP contribution in [0.3, 0.4) is 0 Å². The van der Waals surface area contributed by atoms with E-state index in [1.165, 1.54) is 0 Å². The van der Waals surface area contributed by atoms with Crippen molar-refractivity contribution in [2.75, 3.05) is 6.54 Å². The summed E-state index contributed by atoms with van der Waals surface area (Å²) in [5, 5.41) is 18.6. The number of aromatic nitrogens is 5. The maximum absolute atomic E-state index is 5.23. The zero-order chi connectivity index (χ0) is 13.1. The lowest BCUT2D eigenvalue weighted by Gasteiger charge is -2.03. The van der Waals surface area contributed by atoms with E-state index in [4.69, 9.17) is 4.52 Å². The molecular formula is C11H16N6O. The molecule has 18 heavy (non-hydrogen) atoms. The molecule has 7 nitrogen and oxygen atoms in total. The van der Waals surface area contributed by atoms with Gasteiger partial charge in [0.25, 0.3) is 5.88 Å². The van der Waals surface area contributed by atoms with Gasteiger partial charge in [0.05, 0.1) is 12.2 Å². The molecule has 0 saturated carbocycles. The first-order valence-corrected chi connectivity index (χ1v) is 5.65. The molecule has 96 valence electrons. The Morgan fingerprint density at radius 2 is 2.22 bits per heavy atom. The van der Waals surface area contributed by atoms with E-state index in [0.29, 0.717) is 18.3 Å². The van der Waals surface area contributed by atoms with Crippen molar-refractivity contribution in [1.29, 1.82) is 0 Å². The van der Waals surface area contributed by atoms with Gasteiger partial charge in [-0.2, -0.15) is 4.68 Å². The third-order valence-electron chi connectivity index (χ3n) is 2.57. The summed E-state index contributed by atoms with van der Waals surface area (Å²) in [5.74, 6) is 1.24. The van der Waals surface area contributed by atoms with Crippen LogP contribution in [0.25, 0.3) is 5.88 Å². The molecular weight excluding hydrogens is 232 g/mol. The number of aryl methyl sites for hydroxylation is 1. The monoisotopic (exact) mass is 248 g/mol. The van der Waals surface area contributed by atoms with Gasteiger partial charge in [-0.05, 0) is 31.2 Å². The Kier molecular flexibility index (Phi) is 3.52. The van der Waals surface area contributed by atoms with Gasteiger partial charge in [0.1, 0.15) is 0 Å². The summed E-state index contributed by atoms with van der Waals surface area (Å²) in [6.45, 7) is 10.9. The number of rotatable bonds is 5. The summed E-state index contributed by atoms with van der Waals surface area (Å²) in [7, 11) is 0. The Morgan fingerprint density at radius 3 is 2.83 bits per heavy atom. The van der Waals surface area contributed by atoms with Gasteiger partial charge < -0.3 is 9.84 Å².